The zero-order valence-corrected chi connectivity index (χ0v) is 21.0. The second-order valence-corrected chi connectivity index (χ2v) is 12.4. The van der Waals surface area contributed by atoms with E-state index in [-0.39, 0.29) is 12.5 Å². The van der Waals surface area contributed by atoms with Gasteiger partial charge in [-0.1, -0.05) is 51.1 Å². The number of fused-ring (bicyclic) bond motifs is 1. The molecule has 198 valence electrons. The quantitative estimate of drug-likeness (QED) is 0.441. The van der Waals surface area contributed by atoms with Crippen LogP contribution in [-0.2, 0) is 44.7 Å². The number of hydrogen-bond acceptors (Lipinski definition) is 10. The van der Waals surface area contributed by atoms with Crippen molar-refractivity contribution in [1.29, 1.82) is 0 Å². The first-order valence-electron chi connectivity index (χ1n) is 12.8. The average molecular weight is 515 g/mol. The SMILES string of the molecule is CC1C(=O)O[C@H]2C(O)C34C5CC(C(C)(C)C)C36C(OC(=O)[C@@H]6OCc3ccccc3)O[C@]4(C(=O)O5)[C@@]12O. The Morgan fingerprint density at radius 1 is 1.05 bits per heavy atom. The first kappa shape index (κ1) is 23.6. The maximum Gasteiger partial charge on any atom is 0.343 e. The summed E-state index contributed by atoms with van der Waals surface area (Å²) in [6.45, 7) is 7.52. The molecule has 4 aliphatic heterocycles. The van der Waals surface area contributed by atoms with Crippen molar-refractivity contribution in [2.24, 2.45) is 28.1 Å². The van der Waals surface area contributed by atoms with Crippen LogP contribution in [0.5, 0.6) is 0 Å². The van der Waals surface area contributed by atoms with Gasteiger partial charge in [0.25, 0.3) is 0 Å². The van der Waals surface area contributed by atoms with Gasteiger partial charge < -0.3 is 33.9 Å². The van der Waals surface area contributed by atoms with Gasteiger partial charge >= 0.3 is 17.9 Å². The fourth-order valence-corrected chi connectivity index (χ4v) is 9.05. The number of carbonyl (C=O) groups excluding carboxylic acids is 3. The Morgan fingerprint density at radius 3 is 2.43 bits per heavy atom. The highest BCUT2D eigenvalue weighted by atomic mass is 16.8. The van der Waals surface area contributed by atoms with E-state index in [4.69, 9.17) is 23.7 Å². The number of aliphatic hydroxyl groups is 2. The number of ether oxygens (including phenoxy) is 5. The monoisotopic (exact) mass is 514 g/mol. The molecule has 0 amide bonds. The molecule has 1 aromatic carbocycles. The van der Waals surface area contributed by atoms with E-state index in [2.05, 4.69) is 0 Å². The van der Waals surface area contributed by atoms with Crippen molar-refractivity contribution in [3.8, 4) is 0 Å². The molecule has 6 aliphatic rings. The third kappa shape index (κ3) is 2.14. The standard InChI is InChI=1S/C27H30O10/c1-12-19(29)35-17-16(28)25-15-10-14(23(2,3)4)24(25)18(33-11-13-8-6-5-7-9-13)20(30)36-22(24)37-27(25,21(31)34-15)26(12,17)32/h5-9,12,14-18,22,28,32H,10-11H2,1-4H3/t12?,14?,15?,16?,17-,18-,22?,24?,25?,26+,27-/m0/s1. The fourth-order valence-electron chi connectivity index (χ4n) is 9.05. The van der Waals surface area contributed by atoms with Crippen molar-refractivity contribution in [3.63, 3.8) is 0 Å². The molecule has 2 aliphatic carbocycles. The predicted octanol–water partition coefficient (Wildman–Crippen LogP) is 0.855. The van der Waals surface area contributed by atoms with E-state index >= 15 is 0 Å². The molecular weight excluding hydrogens is 484 g/mol. The van der Waals surface area contributed by atoms with Crippen molar-refractivity contribution in [2.75, 3.05) is 0 Å². The van der Waals surface area contributed by atoms with Crippen LogP contribution in [0.15, 0.2) is 30.3 Å². The highest BCUT2D eigenvalue weighted by Crippen LogP contribution is 2.84. The summed E-state index contributed by atoms with van der Waals surface area (Å²) in [6.07, 6.45) is -6.16. The second-order valence-electron chi connectivity index (χ2n) is 12.4. The molecule has 2 N–H and O–H groups in total. The van der Waals surface area contributed by atoms with Gasteiger partial charge in [-0.2, -0.15) is 0 Å². The third-order valence-electron chi connectivity index (χ3n) is 10.2. The Labute approximate surface area is 213 Å². The number of benzene rings is 1. The molecule has 7 unspecified atom stereocenters. The minimum Gasteiger partial charge on any atom is -0.459 e. The van der Waals surface area contributed by atoms with Gasteiger partial charge in [0.05, 0.1) is 23.4 Å². The third-order valence-corrected chi connectivity index (χ3v) is 10.2. The van der Waals surface area contributed by atoms with Crippen LogP contribution in [0.1, 0.15) is 39.7 Å². The van der Waals surface area contributed by atoms with Crippen LogP contribution >= 0.6 is 0 Å². The Balaban J connectivity index is 1.47. The Hall–Kier alpha value is -2.53. The van der Waals surface area contributed by atoms with Crippen molar-refractivity contribution in [3.05, 3.63) is 35.9 Å². The molecule has 2 saturated carbocycles. The van der Waals surface area contributed by atoms with E-state index in [9.17, 15) is 24.6 Å². The number of aliphatic hydroxyl groups excluding tert-OH is 1. The van der Waals surface area contributed by atoms with Gasteiger partial charge in [-0.25, -0.2) is 9.59 Å². The van der Waals surface area contributed by atoms with Gasteiger partial charge in [-0.05, 0) is 30.2 Å². The van der Waals surface area contributed by atoms with Crippen molar-refractivity contribution < 1.29 is 48.3 Å². The van der Waals surface area contributed by atoms with E-state index in [1.54, 1.807) is 0 Å². The lowest BCUT2D eigenvalue weighted by Crippen LogP contribution is -2.67. The van der Waals surface area contributed by atoms with E-state index in [1.807, 2.05) is 51.1 Å². The largest absolute Gasteiger partial charge is 0.459 e. The number of hydrogen-bond donors (Lipinski definition) is 2. The van der Waals surface area contributed by atoms with Crippen molar-refractivity contribution >= 4 is 17.9 Å². The Kier molecular flexibility index (Phi) is 4.28. The molecule has 10 heteroatoms. The number of carbonyl (C=O) groups is 3. The summed E-state index contributed by atoms with van der Waals surface area (Å²) in [4.78, 5) is 39.9. The van der Waals surface area contributed by atoms with Crippen LogP contribution in [0.2, 0.25) is 0 Å². The van der Waals surface area contributed by atoms with Crippen LogP contribution < -0.4 is 0 Å². The lowest BCUT2D eigenvalue weighted by atomic mass is 9.51. The van der Waals surface area contributed by atoms with Crippen LogP contribution in [0.3, 0.4) is 0 Å². The zero-order chi connectivity index (χ0) is 26.3. The summed E-state index contributed by atoms with van der Waals surface area (Å²) >= 11 is 0. The fraction of sp³-hybridized carbons (Fsp3) is 0.667. The van der Waals surface area contributed by atoms with Crippen LogP contribution in [0, 0.1) is 28.1 Å². The minimum atomic E-state index is -2.23. The Morgan fingerprint density at radius 2 is 1.76 bits per heavy atom. The lowest BCUT2D eigenvalue weighted by molar-refractivity contribution is -0.240. The zero-order valence-electron chi connectivity index (χ0n) is 21.0. The lowest BCUT2D eigenvalue weighted by Gasteiger charge is -2.48. The molecule has 4 saturated heterocycles. The van der Waals surface area contributed by atoms with Gasteiger partial charge in [-0.15, -0.1) is 0 Å². The maximum absolute atomic E-state index is 13.8. The summed E-state index contributed by atoms with van der Waals surface area (Å²) in [6, 6.07) is 9.31. The summed E-state index contributed by atoms with van der Waals surface area (Å²) in [5.41, 5.74) is -7.12. The summed E-state index contributed by atoms with van der Waals surface area (Å²) < 4.78 is 29.9. The van der Waals surface area contributed by atoms with Gasteiger partial charge in [0.15, 0.2) is 17.8 Å². The molecular formula is C27H30O10. The molecule has 7 rings (SSSR count). The van der Waals surface area contributed by atoms with Gasteiger partial charge in [-0.3, -0.25) is 4.79 Å². The van der Waals surface area contributed by atoms with E-state index in [0.29, 0.717) is 6.42 Å². The van der Waals surface area contributed by atoms with Crippen LogP contribution in [0.25, 0.3) is 0 Å². The summed E-state index contributed by atoms with van der Waals surface area (Å²) in [7, 11) is 0. The average Bonchev–Trinajstić information content (AvgIpc) is 3.55. The molecule has 1 aromatic rings. The van der Waals surface area contributed by atoms with Crippen molar-refractivity contribution in [2.45, 2.75) is 82.6 Å². The molecule has 0 radical (unpaired) electrons. The second kappa shape index (κ2) is 6.72. The number of esters is 3. The molecule has 0 bridgehead atoms. The van der Waals surface area contributed by atoms with Crippen LogP contribution in [0.4, 0.5) is 0 Å². The molecule has 37 heavy (non-hydrogen) atoms. The minimum absolute atomic E-state index is 0.0731. The van der Waals surface area contributed by atoms with Crippen molar-refractivity contribution in [1.82, 2.24) is 0 Å². The molecule has 4 heterocycles. The van der Waals surface area contributed by atoms with E-state index in [1.165, 1.54) is 6.92 Å². The molecule has 11 atom stereocenters. The number of rotatable bonds is 3. The van der Waals surface area contributed by atoms with E-state index < -0.39 is 82.0 Å². The normalized spacial score (nSPS) is 50.9. The van der Waals surface area contributed by atoms with Crippen LogP contribution in [-0.4, -0.2) is 70.0 Å². The molecule has 0 aromatic heterocycles. The highest BCUT2D eigenvalue weighted by molar-refractivity contribution is 5.94. The topological polar surface area (TPSA) is 138 Å². The summed E-state index contributed by atoms with van der Waals surface area (Å²) in [5, 5.41) is 24.3. The molecule has 2 spiro atoms. The first-order chi connectivity index (χ1) is 17.4. The smallest absolute Gasteiger partial charge is 0.343 e. The summed E-state index contributed by atoms with van der Waals surface area (Å²) in [5.74, 6) is -3.88. The van der Waals surface area contributed by atoms with Gasteiger partial charge in [0, 0.05) is 0 Å². The predicted molar refractivity (Wildman–Crippen MR) is 121 cm³/mol. The highest BCUT2D eigenvalue weighted by Gasteiger charge is 3.04. The first-order valence-corrected chi connectivity index (χ1v) is 12.8. The van der Waals surface area contributed by atoms with Gasteiger partial charge in [0.2, 0.25) is 11.9 Å². The molecule has 6 fully saturated rings. The van der Waals surface area contributed by atoms with Gasteiger partial charge in [0.1, 0.15) is 12.2 Å². The molecule has 10 nitrogen and oxygen atoms in total. The Bertz CT molecular complexity index is 1230. The maximum atomic E-state index is 13.8. The van der Waals surface area contributed by atoms with E-state index in [0.717, 1.165) is 5.56 Å².